The Hall–Kier alpha value is -1.10. The number of amides is 1. The molecule has 5 heteroatoms. The molecule has 114 valence electrons. The molecule has 1 heterocycles. The van der Waals surface area contributed by atoms with Crippen LogP contribution < -0.4 is 5.32 Å². The first-order chi connectivity index (χ1) is 9.61. The van der Waals surface area contributed by atoms with Crippen molar-refractivity contribution >= 4 is 11.9 Å². The summed E-state index contributed by atoms with van der Waals surface area (Å²) in [5, 5.41) is 12.1. The Morgan fingerprint density at radius 2 is 1.85 bits per heavy atom. The van der Waals surface area contributed by atoms with E-state index in [2.05, 4.69) is 12.2 Å². The lowest BCUT2D eigenvalue weighted by atomic mass is 9.81. The molecule has 0 spiro atoms. The molecule has 0 radical (unpaired) electrons. The van der Waals surface area contributed by atoms with Gasteiger partial charge in [-0.1, -0.05) is 6.92 Å². The number of rotatable bonds is 5. The number of aliphatic carboxylic acids is 1. The minimum atomic E-state index is -0.727. The molecule has 20 heavy (non-hydrogen) atoms. The van der Waals surface area contributed by atoms with Crippen LogP contribution >= 0.6 is 0 Å². The smallest absolute Gasteiger partial charge is 0.306 e. The fraction of sp³-hybridized carbons (Fsp3) is 0.867. The molecule has 0 bridgehead atoms. The van der Waals surface area contributed by atoms with Crippen LogP contribution in [0.15, 0.2) is 0 Å². The molecule has 0 aromatic rings. The number of carboxylic acids is 1. The van der Waals surface area contributed by atoms with Crippen molar-refractivity contribution in [3.8, 4) is 0 Å². The molecular weight excluding hydrogens is 258 g/mol. The highest BCUT2D eigenvalue weighted by atomic mass is 16.5. The molecule has 2 fully saturated rings. The van der Waals surface area contributed by atoms with Crippen LogP contribution in [0.25, 0.3) is 0 Å². The summed E-state index contributed by atoms with van der Waals surface area (Å²) in [5.74, 6) is -0.939. The predicted octanol–water partition coefficient (Wildman–Crippen LogP) is 1.95. The van der Waals surface area contributed by atoms with E-state index >= 15 is 0 Å². The average Bonchev–Trinajstić information content (AvgIpc) is 2.98. The lowest BCUT2D eigenvalue weighted by Gasteiger charge is -2.29. The van der Waals surface area contributed by atoms with E-state index in [1.54, 1.807) is 0 Å². The number of hydrogen-bond acceptors (Lipinski definition) is 3. The van der Waals surface area contributed by atoms with Gasteiger partial charge in [-0.15, -0.1) is 0 Å². The summed E-state index contributed by atoms with van der Waals surface area (Å²) in [7, 11) is 0. The van der Waals surface area contributed by atoms with E-state index in [0.29, 0.717) is 25.7 Å². The third-order valence-electron chi connectivity index (χ3n) is 4.63. The lowest BCUT2D eigenvalue weighted by molar-refractivity contribution is -0.144. The largest absolute Gasteiger partial charge is 0.481 e. The highest BCUT2D eigenvalue weighted by Gasteiger charge is 2.32. The minimum Gasteiger partial charge on any atom is -0.481 e. The fourth-order valence-electron chi connectivity index (χ4n) is 3.28. The number of carboxylic acid groups (broad SMARTS) is 1. The first-order valence-electron chi connectivity index (χ1n) is 7.76. The molecule has 1 aliphatic heterocycles. The van der Waals surface area contributed by atoms with Crippen molar-refractivity contribution in [3.63, 3.8) is 0 Å². The van der Waals surface area contributed by atoms with Gasteiger partial charge in [-0.2, -0.15) is 0 Å². The summed E-state index contributed by atoms with van der Waals surface area (Å²) in [5.41, 5.74) is 0. The van der Waals surface area contributed by atoms with Gasteiger partial charge in [0.1, 0.15) is 0 Å². The zero-order chi connectivity index (χ0) is 14.5. The van der Waals surface area contributed by atoms with Gasteiger partial charge in [-0.3, -0.25) is 9.59 Å². The predicted molar refractivity (Wildman–Crippen MR) is 74.3 cm³/mol. The summed E-state index contributed by atoms with van der Waals surface area (Å²) < 4.78 is 5.65. The van der Waals surface area contributed by atoms with E-state index in [0.717, 1.165) is 25.9 Å². The molecule has 1 aliphatic carbocycles. The van der Waals surface area contributed by atoms with Gasteiger partial charge in [0, 0.05) is 12.5 Å². The third-order valence-corrected chi connectivity index (χ3v) is 4.63. The van der Waals surface area contributed by atoms with Crippen molar-refractivity contribution in [2.75, 3.05) is 6.61 Å². The van der Waals surface area contributed by atoms with Crippen LogP contribution in [0.2, 0.25) is 0 Å². The number of carbonyl (C=O) groups is 2. The number of hydrogen-bond donors (Lipinski definition) is 2. The van der Waals surface area contributed by atoms with E-state index in [4.69, 9.17) is 9.84 Å². The van der Waals surface area contributed by atoms with Gasteiger partial charge >= 0.3 is 5.97 Å². The van der Waals surface area contributed by atoms with Gasteiger partial charge in [0.05, 0.1) is 18.1 Å². The van der Waals surface area contributed by atoms with Crippen molar-refractivity contribution in [2.45, 2.75) is 64.0 Å². The van der Waals surface area contributed by atoms with Gasteiger partial charge in [-0.25, -0.2) is 0 Å². The van der Waals surface area contributed by atoms with Crippen molar-refractivity contribution in [3.05, 3.63) is 0 Å². The molecule has 2 rings (SSSR count). The van der Waals surface area contributed by atoms with Gasteiger partial charge in [0.15, 0.2) is 0 Å². The summed E-state index contributed by atoms with van der Waals surface area (Å²) in [6.45, 7) is 2.86. The zero-order valence-electron chi connectivity index (χ0n) is 12.1. The molecular formula is C15H25NO4. The normalized spacial score (nSPS) is 31.8. The van der Waals surface area contributed by atoms with E-state index in [9.17, 15) is 9.59 Å². The van der Waals surface area contributed by atoms with Crippen molar-refractivity contribution in [2.24, 2.45) is 11.8 Å². The third kappa shape index (κ3) is 3.72. The summed E-state index contributed by atoms with van der Waals surface area (Å²) in [6.07, 6.45) is 5.72. The maximum atomic E-state index is 12.3. The topological polar surface area (TPSA) is 75.6 Å². The highest BCUT2D eigenvalue weighted by Crippen LogP contribution is 2.29. The summed E-state index contributed by atoms with van der Waals surface area (Å²) in [6, 6.07) is 0.0993. The zero-order valence-corrected chi connectivity index (χ0v) is 12.1. The Kier molecular flexibility index (Phi) is 5.40. The van der Waals surface area contributed by atoms with Crippen LogP contribution in [-0.4, -0.2) is 35.7 Å². The fourth-order valence-corrected chi connectivity index (χ4v) is 3.28. The van der Waals surface area contributed by atoms with Crippen LogP contribution in [0.5, 0.6) is 0 Å². The highest BCUT2D eigenvalue weighted by molar-refractivity contribution is 5.79. The van der Waals surface area contributed by atoms with Gasteiger partial charge in [0.2, 0.25) is 5.91 Å². The monoisotopic (exact) mass is 283 g/mol. The molecule has 0 aromatic carbocycles. The molecule has 2 atom stereocenters. The van der Waals surface area contributed by atoms with Crippen molar-refractivity contribution < 1.29 is 19.4 Å². The van der Waals surface area contributed by atoms with Crippen LogP contribution in [0.1, 0.15) is 51.9 Å². The molecule has 1 saturated heterocycles. The minimum absolute atomic E-state index is 0.0268. The van der Waals surface area contributed by atoms with E-state index in [1.807, 2.05) is 0 Å². The number of carbonyl (C=O) groups excluding carboxylic acids is 1. The number of nitrogens with one attached hydrogen (secondary N) is 1. The first kappa shape index (κ1) is 15.3. The maximum Gasteiger partial charge on any atom is 0.306 e. The quantitative estimate of drug-likeness (QED) is 0.808. The van der Waals surface area contributed by atoms with Crippen molar-refractivity contribution in [1.82, 2.24) is 5.32 Å². The van der Waals surface area contributed by atoms with Crippen LogP contribution in [-0.2, 0) is 14.3 Å². The maximum absolute atomic E-state index is 12.3. The Morgan fingerprint density at radius 1 is 1.20 bits per heavy atom. The molecule has 2 unspecified atom stereocenters. The Balaban J connectivity index is 1.80. The average molecular weight is 283 g/mol. The Morgan fingerprint density at radius 3 is 2.35 bits per heavy atom. The summed E-state index contributed by atoms with van der Waals surface area (Å²) >= 11 is 0. The van der Waals surface area contributed by atoms with Crippen molar-refractivity contribution in [1.29, 1.82) is 0 Å². The van der Waals surface area contributed by atoms with E-state index in [-0.39, 0.29) is 29.9 Å². The van der Waals surface area contributed by atoms with Crippen LogP contribution in [0.3, 0.4) is 0 Å². The molecule has 1 saturated carbocycles. The van der Waals surface area contributed by atoms with E-state index in [1.165, 1.54) is 0 Å². The standard InChI is InChI=1S/C15H25NO4/c1-2-12(13-4-3-9-20-13)16-14(17)10-5-7-11(8-6-10)15(18)19/h10-13H,2-9H2,1H3,(H,16,17)(H,18,19). The summed E-state index contributed by atoms with van der Waals surface area (Å²) in [4.78, 5) is 23.2. The number of ether oxygens (including phenoxy) is 1. The van der Waals surface area contributed by atoms with Gasteiger partial charge in [0.25, 0.3) is 0 Å². The molecule has 2 N–H and O–H groups in total. The Bertz CT molecular complexity index is 344. The van der Waals surface area contributed by atoms with Gasteiger partial charge < -0.3 is 15.2 Å². The van der Waals surface area contributed by atoms with Gasteiger partial charge in [-0.05, 0) is 44.9 Å². The molecule has 2 aliphatic rings. The second-order valence-corrected chi connectivity index (χ2v) is 5.96. The van der Waals surface area contributed by atoms with E-state index < -0.39 is 5.97 Å². The van der Waals surface area contributed by atoms with Crippen LogP contribution in [0.4, 0.5) is 0 Å². The Labute approximate surface area is 120 Å². The lowest BCUT2D eigenvalue weighted by Crippen LogP contribution is -2.46. The second kappa shape index (κ2) is 7.07. The molecule has 0 aromatic heterocycles. The first-order valence-corrected chi connectivity index (χ1v) is 7.76. The SMILES string of the molecule is CCC(NC(=O)C1CCC(C(=O)O)CC1)C1CCCO1. The molecule has 1 amide bonds. The van der Waals surface area contributed by atoms with Crippen LogP contribution in [0, 0.1) is 11.8 Å². The second-order valence-electron chi connectivity index (χ2n) is 5.96. The molecule has 5 nitrogen and oxygen atoms in total.